The molecule has 1 aromatic carbocycles. The fourth-order valence-corrected chi connectivity index (χ4v) is 3.49. The molecule has 0 amide bonds. The Morgan fingerprint density at radius 1 is 1.11 bits per heavy atom. The lowest BCUT2D eigenvalue weighted by Crippen LogP contribution is -2.35. The van der Waals surface area contributed by atoms with Crippen LogP contribution in [0.25, 0.3) is 0 Å². The summed E-state index contributed by atoms with van der Waals surface area (Å²) in [4.78, 5) is 0. The molecule has 1 aliphatic carbocycles. The number of hydrogen-bond donors (Lipinski definition) is 1. The molecule has 0 aliphatic heterocycles. The first-order valence-electron chi connectivity index (χ1n) is 6.93. The lowest BCUT2D eigenvalue weighted by molar-refractivity contribution is -0.0379. The zero-order valence-corrected chi connectivity index (χ0v) is 12.3. The minimum absolute atomic E-state index is 0.518. The Morgan fingerprint density at radius 3 is 2.26 bits per heavy atom. The molecule has 1 aromatic rings. The highest BCUT2D eigenvalue weighted by Crippen LogP contribution is 2.46. The van der Waals surface area contributed by atoms with Gasteiger partial charge in [-0.25, -0.2) is 0 Å². The summed E-state index contributed by atoms with van der Waals surface area (Å²) in [5.41, 5.74) is 0.0458. The minimum atomic E-state index is -0.809. The number of ether oxygens (including phenoxy) is 2. The fourth-order valence-electron chi connectivity index (χ4n) is 3.49. The van der Waals surface area contributed by atoms with Gasteiger partial charge in [-0.2, -0.15) is 0 Å². The van der Waals surface area contributed by atoms with Crippen molar-refractivity contribution in [3.8, 4) is 11.5 Å². The predicted molar refractivity (Wildman–Crippen MR) is 75.6 cm³/mol. The van der Waals surface area contributed by atoms with E-state index in [1.165, 1.54) is 6.42 Å². The summed E-state index contributed by atoms with van der Waals surface area (Å²) in [6, 6.07) is 5.64. The zero-order chi connectivity index (χ0) is 14.0. The highest BCUT2D eigenvalue weighted by Gasteiger charge is 2.39. The highest BCUT2D eigenvalue weighted by molar-refractivity contribution is 5.44. The smallest absolute Gasteiger partial charge is 0.125 e. The molecular weight excluding hydrogens is 240 g/mol. The summed E-state index contributed by atoms with van der Waals surface area (Å²) in [6.07, 6.45) is 2.73. The van der Waals surface area contributed by atoms with Crippen molar-refractivity contribution in [3.63, 3.8) is 0 Å². The van der Waals surface area contributed by atoms with Crippen LogP contribution in [-0.4, -0.2) is 19.3 Å². The van der Waals surface area contributed by atoms with Crippen LogP contribution in [0, 0.1) is 11.8 Å². The second kappa shape index (κ2) is 5.41. The van der Waals surface area contributed by atoms with Crippen LogP contribution in [-0.2, 0) is 5.60 Å². The molecule has 0 bridgehead atoms. The van der Waals surface area contributed by atoms with Gasteiger partial charge < -0.3 is 14.6 Å². The van der Waals surface area contributed by atoms with E-state index < -0.39 is 5.60 Å². The summed E-state index contributed by atoms with van der Waals surface area (Å²) >= 11 is 0. The van der Waals surface area contributed by atoms with Gasteiger partial charge in [0.15, 0.2) is 0 Å². The van der Waals surface area contributed by atoms with Crippen molar-refractivity contribution in [2.45, 2.75) is 38.7 Å². The van der Waals surface area contributed by atoms with Crippen LogP contribution in [0.3, 0.4) is 0 Å². The topological polar surface area (TPSA) is 38.7 Å². The predicted octanol–water partition coefficient (Wildman–Crippen LogP) is 3.35. The second-order valence-electron chi connectivity index (χ2n) is 5.95. The average Bonchev–Trinajstić information content (AvgIpc) is 2.36. The summed E-state index contributed by atoms with van der Waals surface area (Å²) in [5, 5.41) is 11.1. The Hall–Kier alpha value is -1.22. The van der Waals surface area contributed by atoms with Gasteiger partial charge in [0, 0.05) is 5.56 Å². The summed E-state index contributed by atoms with van der Waals surface area (Å²) in [7, 11) is 3.28. The molecule has 0 saturated heterocycles. The monoisotopic (exact) mass is 264 g/mol. The minimum Gasteiger partial charge on any atom is -0.497 e. The maximum Gasteiger partial charge on any atom is 0.125 e. The largest absolute Gasteiger partial charge is 0.497 e. The molecule has 1 saturated carbocycles. The van der Waals surface area contributed by atoms with Crippen molar-refractivity contribution in [1.82, 2.24) is 0 Å². The van der Waals surface area contributed by atoms with Gasteiger partial charge in [-0.05, 0) is 49.3 Å². The molecule has 1 aliphatic rings. The molecule has 2 atom stereocenters. The third-order valence-electron chi connectivity index (χ3n) is 4.09. The van der Waals surface area contributed by atoms with Gasteiger partial charge >= 0.3 is 0 Å². The van der Waals surface area contributed by atoms with E-state index in [0.29, 0.717) is 11.8 Å². The summed E-state index contributed by atoms with van der Waals surface area (Å²) in [6.45, 7) is 4.40. The molecule has 0 heterocycles. The van der Waals surface area contributed by atoms with Gasteiger partial charge in [-0.15, -0.1) is 0 Å². The van der Waals surface area contributed by atoms with E-state index in [0.717, 1.165) is 29.9 Å². The Bertz CT molecular complexity index is 432. The van der Waals surface area contributed by atoms with Crippen LogP contribution >= 0.6 is 0 Å². The van der Waals surface area contributed by atoms with Crippen LogP contribution < -0.4 is 9.47 Å². The van der Waals surface area contributed by atoms with Gasteiger partial charge in [0.25, 0.3) is 0 Å². The summed E-state index contributed by atoms with van der Waals surface area (Å²) in [5.74, 6) is 2.54. The Balaban J connectivity index is 2.43. The third-order valence-corrected chi connectivity index (χ3v) is 4.09. The lowest BCUT2D eigenvalue weighted by atomic mass is 9.70. The van der Waals surface area contributed by atoms with Crippen LogP contribution in [0.15, 0.2) is 18.2 Å². The second-order valence-corrected chi connectivity index (χ2v) is 5.95. The number of rotatable bonds is 3. The Labute approximate surface area is 115 Å². The molecule has 0 spiro atoms. The number of aliphatic hydroxyl groups is 1. The first kappa shape index (κ1) is 14.2. The van der Waals surface area contributed by atoms with Gasteiger partial charge in [-0.3, -0.25) is 0 Å². The van der Waals surface area contributed by atoms with Gasteiger partial charge in [0.2, 0.25) is 0 Å². The van der Waals surface area contributed by atoms with Crippen LogP contribution in [0.4, 0.5) is 0 Å². The van der Waals surface area contributed by atoms with Crippen molar-refractivity contribution in [2.75, 3.05) is 14.2 Å². The summed E-state index contributed by atoms with van der Waals surface area (Å²) < 4.78 is 10.7. The number of hydrogen-bond acceptors (Lipinski definition) is 3. The van der Waals surface area contributed by atoms with Crippen molar-refractivity contribution in [3.05, 3.63) is 23.8 Å². The third kappa shape index (κ3) is 2.86. The van der Waals surface area contributed by atoms with E-state index in [1.54, 1.807) is 14.2 Å². The quantitative estimate of drug-likeness (QED) is 0.910. The maximum atomic E-state index is 11.1. The Morgan fingerprint density at radius 2 is 1.74 bits per heavy atom. The van der Waals surface area contributed by atoms with E-state index in [4.69, 9.17) is 9.47 Å². The van der Waals surface area contributed by atoms with Crippen LogP contribution in [0.1, 0.15) is 38.7 Å². The first-order chi connectivity index (χ1) is 8.98. The lowest BCUT2D eigenvalue weighted by Gasteiger charge is -2.40. The zero-order valence-electron chi connectivity index (χ0n) is 12.3. The Kier molecular flexibility index (Phi) is 4.04. The van der Waals surface area contributed by atoms with Gasteiger partial charge in [0.1, 0.15) is 11.5 Å². The molecule has 106 valence electrons. The maximum absolute atomic E-state index is 11.1. The molecule has 0 radical (unpaired) electrons. The molecule has 2 unspecified atom stereocenters. The average molecular weight is 264 g/mol. The molecule has 3 heteroatoms. The number of benzene rings is 1. The van der Waals surface area contributed by atoms with Crippen LogP contribution in [0.2, 0.25) is 0 Å². The van der Waals surface area contributed by atoms with Crippen molar-refractivity contribution < 1.29 is 14.6 Å². The van der Waals surface area contributed by atoms with E-state index in [-0.39, 0.29) is 0 Å². The normalized spacial score (nSPS) is 31.0. The van der Waals surface area contributed by atoms with Crippen molar-refractivity contribution in [2.24, 2.45) is 11.8 Å². The standard InChI is InChI=1S/C16H24O3/c1-11-7-12(2)10-16(17,9-11)14-8-13(18-3)5-6-15(14)19-4/h5-6,8,11-12,17H,7,9-10H2,1-4H3. The van der Waals surface area contributed by atoms with E-state index in [1.807, 2.05) is 18.2 Å². The van der Waals surface area contributed by atoms with E-state index in [9.17, 15) is 5.11 Å². The number of methoxy groups -OCH3 is 2. The molecule has 2 rings (SSSR count). The SMILES string of the molecule is COc1ccc(OC)c(C2(O)CC(C)CC(C)C2)c1. The van der Waals surface area contributed by atoms with Gasteiger partial charge in [0.05, 0.1) is 19.8 Å². The first-order valence-corrected chi connectivity index (χ1v) is 6.93. The van der Waals surface area contributed by atoms with Crippen LogP contribution in [0.5, 0.6) is 11.5 Å². The molecule has 1 fully saturated rings. The highest BCUT2D eigenvalue weighted by atomic mass is 16.5. The van der Waals surface area contributed by atoms with E-state index in [2.05, 4.69) is 13.8 Å². The molecule has 1 N–H and O–H groups in total. The van der Waals surface area contributed by atoms with Gasteiger partial charge in [-0.1, -0.05) is 13.8 Å². The molecule has 0 aromatic heterocycles. The fraction of sp³-hybridized carbons (Fsp3) is 0.625. The molecule has 3 nitrogen and oxygen atoms in total. The molecular formula is C16H24O3. The van der Waals surface area contributed by atoms with Crippen molar-refractivity contribution >= 4 is 0 Å². The molecule has 19 heavy (non-hydrogen) atoms. The van der Waals surface area contributed by atoms with E-state index >= 15 is 0 Å². The van der Waals surface area contributed by atoms with Crippen molar-refractivity contribution in [1.29, 1.82) is 0 Å².